The van der Waals surface area contributed by atoms with E-state index in [2.05, 4.69) is 15.5 Å². The van der Waals surface area contributed by atoms with Crippen LogP contribution in [0.4, 0.5) is 0 Å². The van der Waals surface area contributed by atoms with E-state index in [-0.39, 0.29) is 5.91 Å². The molecular formula is C12H23N3O. The van der Waals surface area contributed by atoms with E-state index in [0.29, 0.717) is 12.5 Å². The minimum atomic E-state index is 0.223. The van der Waals surface area contributed by atoms with Gasteiger partial charge < -0.3 is 15.5 Å². The summed E-state index contributed by atoms with van der Waals surface area (Å²) in [6.45, 7) is 5.33. The second-order valence-corrected chi connectivity index (χ2v) is 4.91. The van der Waals surface area contributed by atoms with E-state index in [0.717, 1.165) is 26.1 Å². The van der Waals surface area contributed by atoms with Gasteiger partial charge in [0, 0.05) is 25.6 Å². The van der Waals surface area contributed by atoms with E-state index in [1.54, 1.807) is 0 Å². The molecule has 16 heavy (non-hydrogen) atoms. The van der Waals surface area contributed by atoms with Crippen molar-refractivity contribution in [3.63, 3.8) is 0 Å². The van der Waals surface area contributed by atoms with E-state index < -0.39 is 0 Å². The molecule has 92 valence electrons. The van der Waals surface area contributed by atoms with Crippen molar-refractivity contribution in [3.8, 4) is 0 Å². The van der Waals surface area contributed by atoms with Crippen LogP contribution in [0.1, 0.15) is 32.1 Å². The predicted molar refractivity (Wildman–Crippen MR) is 64.3 cm³/mol. The lowest BCUT2D eigenvalue weighted by Crippen LogP contribution is -2.46. The Labute approximate surface area is 97.8 Å². The lowest BCUT2D eigenvalue weighted by molar-refractivity contribution is -0.122. The van der Waals surface area contributed by atoms with Gasteiger partial charge in [-0.05, 0) is 45.3 Å². The minimum Gasteiger partial charge on any atom is -0.352 e. The van der Waals surface area contributed by atoms with Gasteiger partial charge in [-0.15, -0.1) is 0 Å². The number of carbonyl (C=O) groups is 1. The van der Waals surface area contributed by atoms with Crippen LogP contribution in [0.25, 0.3) is 0 Å². The van der Waals surface area contributed by atoms with Gasteiger partial charge in [0.15, 0.2) is 0 Å². The average molecular weight is 225 g/mol. The maximum Gasteiger partial charge on any atom is 0.221 e. The Hall–Kier alpha value is -0.610. The SMILES string of the molecule is O=C(CCN1CCCC1)N[C@H]1CCCNC1. The van der Waals surface area contributed by atoms with Crippen molar-refractivity contribution in [2.75, 3.05) is 32.7 Å². The second-order valence-electron chi connectivity index (χ2n) is 4.91. The zero-order chi connectivity index (χ0) is 11.2. The van der Waals surface area contributed by atoms with Gasteiger partial charge in [0.2, 0.25) is 5.91 Å². The highest BCUT2D eigenvalue weighted by atomic mass is 16.1. The fourth-order valence-corrected chi connectivity index (χ4v) is 2.54. The Balaban J connectivity index is 1.59. The van der Waals surface area contributed by atoms with Gasteiger partial charge in [0.1, 0.15) is 0 Å². The van der Waals surface area contributed by atoms with Gasteiger partial charge >= 0.3 is 0 Å². The molecule has 2 N–H and O–H groups in total. The quantitative estimate of drug-likeness (QED) is 0.725. The molecule has 0 aliphatic carbocycles. The lowest BCUT2D eigenvalue weighted by atomic mass is 10.1. The van der Waals surface area contributed by atoms with E-state index in [1.807, 2.05) is 0 Å². The number of nitrogens with one attached hydrogen (secondary N) is 2. The Morgan fingerprint density at radius 1 is 1.31 bits per heavy atom. The van der Waals surface area contributed by atoms with Crippen molar-refractivity contribution in [1.29, 1.82) is 0 Å². The van der Waals surface area contributed by atoms with Crippen molar-refractivity contribution >= 4 is 5.91 Å². The first-order valence-corrected chi connectivity index (χ1v) is 6.57. The molecule has 1 atom stereocenters. The monoisotopic (exact) mass is 225 g/mol. The first-order chi connectivity index (χ1) is 7.84. The molecule has 2 rings (SSSR count). The number of hydrogen-bond donors (Lipinski definition) is 2. The summed E-state index contributed by atoms with van der Waals surface area (Å²) in [5.41, 5.74) is 0. The third-order valence-electron chi connectivity index (χ3n) is 3.52. The van der Waals surface area contributed by atoms with Crippen molar-refractivity contribution in [2.24, 2.45) is 0 Å². The van der Waals surface area contributed by atoms with Gasteiger partial charge in [-0.2, -0.15) is 0 Å². The number of likely N-dealkylation sites (tertiary alicyclic amines) is 1. The van der Waals surface area contributed by atoms with Gasteiger partial charge in [-0.3, -0.25) is 4.79 Å². The first-order valence-electron chi connectivity index (χ1n) is 6.57. The smallest absolute Gasteiger partial charge is 0.221 e. The number of carbonyl (C=O) groups excluding carboxylic acids is 1. The van der Waals surface area contributed by atoms with Crippen LogP contribution >= 0.6 is 0 Å². The molecule has 2 saturated heterocycles. The zero-order valence-electron chi connectivity index (χ0n) is 10.0. The van der Waals surface area contributed by atoms with Crippen LogP contribution < -0.4 is 10.6 Å². The summed E-state index contributed by atoms with van der Waals surface area (Å²) in [6, 6.07) is 0.361. The van der Waals surface area contributed by atoms with E-state index in [9.17, 15) is 4.79 Å². The zero-order valence-corrected chi connectivity index (χ0v) is 10.0. The number of amides is 1. The molecule has 0 aromatic rings. The molecule has 4 heteroatoms. The number of rotatable bonds is 4. The molecule has 0 aromatic heterocycles. The summed E-state index contributed by atoms with van der Waals surface area (Å²) >= 11 is 0. The van der Waals surface area contributed by atoms with Gasteiger partial charge in [0.05, 0.1) is 0 Å². The van der Waals surface area contributed by atoms with Gasteiger partial charge in [-0.1, -0.05) is 0 Å². The molecule has 0 saturated carbocycles. The molecule has 1 amide bonds. The normalized spacial score (nSPS) is 26.9. The molecular weight excluding hydrogens is 202 g/mol. The molecule has 0 bridgehead atoms. The van der Waals surface area contributed by atoms with Crippen molar-refractivity contribution < 1.29 is 4.79 Å². The summed E-state index contributed by atoms with van der Waals surface area (Å²) in [7, 11) is 0. The lowest BCUT2D eigenvalue weighted by Gasteiger charge is -2.24. The van der Waals surface area contributed by atoms with Crippen LogP contribution in [0.15, 0.2) is 0 Å². The third kappa shape index (κ3) is 3.76. The topological polar surface area (TPSA) is 44.4 Å². The first kappa shape index (κ1) is 11.9. The van der Waals surface area contributed by atoms with Crippen molar-refractivity contribution in [1.82, 2.24) is 15.5 Å². The highest BCUT2D eigenvalue weighted by molar-refractivity contribution is 5.76. The number of piperidine rings is 1. The molecule has 4 nitrogen and oxygen atoms in total. The maximum absolute atomic E-state index is 11.7. The fraction of sp³-hybridized carbons (Fsp3) is 0.917. The van der Waals surface area contributed by atoms with Crippen molar-refractivity contribution in [2.45, 2.75) is 38.1 Å². The molecule has 2 aliphatic rings. The van der Waals surface area contributed by atoms with Crippen LogP contribution in [-0.4, -0.2) is 49.6 Å². The Kier molecular flexibility index (Phi) is 4.60. The van der Waals surface area contributed by atoms with Gasteiger partial charge in [-0.25, -0.2) is 0 Å². The van der Waals surface area contributed by atoms with Crippen molar-refractivity contribution in [3.05, 3.63) is 0 Å². The predicted octanol–water partition coefficient (Wildman–Crippen LogP) is 0.341. The average Bonchev–Trinajstić information content (AvgIpc) is 2.81. The van der Waals surface area contributed by atoms with E-state index >= 15 is 0 Å². The molecule has 0 unspecified atom stereocenters. The Morgan fingerprint density at radius 3 is 2.81 bits per heavy atom. The molecule has 2 heterocycles. The largest absolute Gasteiger partial charge is 0.352 e. The fourth-order valence-electron chi connectivity index (χ4n) is 2.54. The van der Waals surface area contributed by atoms with E-state index in [1.165, 1.54) is 32.4 Å². The van der Waals surface area contributed by atoms with Crippen LogP contribution in [0, 0.1) is 0 Å². The Morgan fingerprint density at radius 2 is 2.12 bits per heavy atom. The van der Waals surface area contributed by atoms with Crippen LogP contribution in [0.5, 0.6) is 0 Å². The van der Waals surface area contributed by atoms with Crippen LogP contribution in [0.2, 0.25) is 0 Å². The maximum atomic E-state index is 11.7. The molecule has 0 radical (unpaired) electrons. The minimum absolute atomic E-state index is 0.223. The third-order valence-corrected chi connectivity index (χ3v) is 3.52. The molecule has 2 aliphatic heterocycles. The molecule has 2 fully saturated rings. The summed E-state index contributed by atoms with van der Waals surface area (Å²) in [6.07, 6.45) is 5.57. The molecule has 0 spiro atoms. The number of nitrogens with zero attached hydrogens (tertiary/aromatic N) is 1. The van der Waals surface area contributed by atoms with Crippen LogP contribution in [-0.2, 0) is 4.79 Å². The highest BCUT2D eigenvalue weighted by Gasteiger charge is 2.16. The second kappa shape index (κ2) is 6.21. The molecule has 0 aromatic carbocycles. The standard InChI is InChI=1S/C12H23N3O/c16-12(5-9-15-7-1-2-8-15)14-11-4-3-6-13-10-11/h11,13H,1-10H2,(H,14,16)/t11-/m0/s1. The summed E-state index contributed by atoms with van der Waals surface area (Å²) < 4.78 is 0. The summed E-state index contributed by atoms with van der Waals surface area (Å²) in [5.74, 6) is 0.223. The summed E-state index contributed by atoms with van der Waals surface area (Å²) in [4.78, 5) is 14.1. The summed E-state index contributed by atoms with van der Waals surface area (Å²) in [5, 5.41) is 6.43. The highest BCUT2D eigenvalue weighted by Crippen LogP contribution is 2.07. The van der Waals surface area contributed by atoms with Crippen LogP contribution in [0.3, 0.4) is 0 Å². The number of hydrogen-bond acceptors (Lipinski definition) is 3. The van der Waals surface area contributed by atoms with E-state index in [4.69, 9.17) is 0 Å². The van der Waals surface area contributed by atoms with Gasteiger partial charge in [0.25, 0.3) is 0 Å². The Bertz CT molecular complexity index is 220.